The number of amides is 1. The zero-order valence-electron chi connectivity index (χ0n) is 12.5. The van der Waals surface area contributed by atoms with Crippen molar-refractivity contribution in [3.05, 3.63) is 71.4 Å². The molecule has 5 heteroatoms. The minimum absolute atomic E-state index is 0.160. The first kappa shape index (κ1) is 14.3. The van der Waals surface area contributed by atoms with Gasteiger partial charge in [-0.3, -0.25) is 4.79 Å². The van der Waals surface area contributed by atoms with Gasteiger partial charge in [0.25, 0.3) is 5.91 Å². The Hall–Kier alpha value is -2.69. The fourth-order valence-corrected chi connectivity index (χ4v) is 2.38. The third kappa shape index (κ3) is 2.70. The first-order valence-electron chi connectivity index (χ1n) is 6.99. The van der Waals surface area contributed by atoms with E-state index < -0.39 is 0 Å². The lowest BCUT2D eigenvalue weighted by Gasteiger charge is -2.15. The van der Waals surface area contributed by atoms with Crippen LogP contribution in [0.3, 0.4) is 0 Å². The highest BCUT2D eigenvalue weighted by atomic mass is 19.1. The van der Waals surface area contributed by atoms with Gasteiger partial charge in [0.2, 0.25) is 0 Å². The number of nitrogens with zero attached hydrogens (tertiary/aromatic N) is 3. The summed E-state index contributed by atoms with van der Waals surface area (Å²) >= 11 is 0. The molecule has 22 heavy (non-hydrogen) atoms. The van der Waals surface area contributed by atoms with E-state index in [2.05, 4.69) is 4.98 Å². The van der Waals surface area contributed by atoms with Crippen molar-refractivity contribution in [3.63, 3.8) is 0 Å². The molecule has 1 amide bonds. The third-order valence-electron chi connectivity index (χ3n) is 3.59. The quantitative estimate of drug-likeness (QED) is 0.745. The van der Waals surface area contributed by atoms with Crippen molar-refractivity contribution in [2.75, 3.05) is 7.05 Å². The predicted octanol–water partition coefficient (Wildman–Crippen LogP) is 3.05. The lowest BCUT2D eigenvalue weighted by atomic mass is 10.2. The van der Waals surface area contributed by atoms with Crippen LogP contribution in [-0.2, 0) is 6.54 Å². The van der Waals surface area contributed by atoms with Crippen molar-refractivity contribution < 1.29 is 9.18 Å². The van der Waals surface area contributed by atoms with Gasteiger partial charge in [-0.25, -0.2) is 9.37 Å². The molecule has 0 unspecified atom stereocenters. The molecule has 0 aliphatic heterocycles. The fraction of sp³-hybridized carbons (Fsp3) is 0.176. The van der Waals surface area contributed by atoms with Crippen molar-refractivity contribution in [1.82, 2.24) is 14.3 Å². The van der Waals surface area contributed by atoms with Crippen LogP contribution in [0.4, 0.5) is 4.39 Å². The molecule has 0 aliphatic carbocycles. The number of halogens is 1. The largest absolute Gasteiger partial charge is 0.336 e. The van der Waals surface area contributed by atoms with Crippen LogP contribution in [0.25, 0.3) is 5.65 Å². The second-order valence-corrected chi connectivity index (χ2v) is 5.31. The molecule has 0 radical (unpaired) electrons. The maximum Gasteiger partial charge on any atom is 0.274 e. The highest BCUT2D eigenvalue weighted by Gasteiger charge is 2.16. The summed E-state index contributed by atoms with van der Waals surface area (Å²) in [5, 5.41) is 0. The summed E-state index contributed by atoms with van der Waals surface area (Å²) in [4.78, 5) is 18.4. The molecule has 2 heterocycles. The summed E-state index contributed by atoms with van der Waals surface area (Å²) in [5.74, 6) is -0.444. The average Bonchev–Trinajstić information content (AvgIpc) is 2.94. The molecule has 0 aliphatic rings. The molecule has 0 bridgehead atoms. The van der Waals surface area contributed by atoms with Crippen molar-refractivity contribution in [3.8, 4) is 0 Å². The highest BCUT2D eigenvalue weighted by molar-refractivity contribution is 5.92. The number of benzene rings is 1. The lowest BCUT2D eigenvalue weighted by molar-refractivity contribution is 0.0780. The average molecular weight is 297 g/mol. The number of hydrogen-bond acceptors (Lipinski definition) is 2. The highest BCUT2D eigenvalue weighted by Crippen LogP contribution is 2.12. The zero-order valence-corrected chi connectivity index (χ0v) is 12.5. The Morgan fingerprint density at radius 2 is 1.95 bits per heavy atom. The molecule has 0 atom stereocenters. The van der Waals surface area contributed by atoms with Gasteiger partial charge in [0.1, 0.15) is 17.2 Å². The second kappa shape index (κ2) is 5.60. The van der Waals surface area contributed by atoms with E-state index in [4.69, 9.17) is 0 Å². The van der Waals surface area contributed by atoms with Crippen LogP contribution >= 0.6 is 0 Å². The SMILES string of the molecule is Cc1cccc2nc(C(=O)N(C)Cc3ccc(F)cc3)cn12. The first-order chi connectivity index (χ1) is 10.5. The summed E-state index contributed by atoms with van der Waals surface area (Å²) in [6.07, 6.45) is 1.74. The molecule has 112 valence electrons. The van der Waals surface area contributed by atoms with Crippen LogP contribution < -0.4 is 0 Å². The van der Waals surface area contributed by atoms with Gasteiger partial charge in [0.05, 0.1) is 0 Å². The standard InChI is InChI=1S/C17H16FN3O/c1-12-4-3-5-16-19-15(11-21(12)16)17(22)20(2)10-13-6-8-14(18)9-7-13/h3-9,11H,10H2,1-2H3. The number of aromatic nitrogens is 2. The van der Waals surface area contributed by atoms with Gasteiger partial charge in [-0.1, -0.05) is 18.2 Å². The van der Waals surface area contributed by atoms with Crippen LogP contribution in [0.2, 0.25) is 0 Å². The monoisotopic (exact) mass is 297 g/mol. The fourth-order valence-electron chi connectivity index (χ4n) is 2.38. The van der Waals surface area contributed by atoms with Crippen molar-refractivity contribution in [2.24, 2.45) is 0 Å². The Morgan fingerprint density at radius 1 is 1.23 bits per heavy atom. The number of rotatable bonds is 3. The Bertz CT molecular complexity index is 824. The zero-order chi connectivity index (χ0) is 15.7. The van der Waals surface area contributed by atoms with Gasteiger partial charge in [-0.05, 0) is 36.8 Å². The Balaban J connectivity index is 1.82. The molecule has 0 saturated heterocycles. The number of pyridine rings is 1. The van der Waals surface area contributed by atoms with E-state index in [0.717, 1.165) is 16.9 Å². The van der Waals surface area contributed by atoms with E-state index in [1.165, 1.54) is 12.1 Å². The molecule has 0 fully saturated rings. The van der Waals surface area contributed by atoms with E-state index in [1.807, 2.05) is 29.5 Å². The van der Waals surface area contributed by atoms with Gasteiger partial charge in [0.15, 0.2) is 0 Å². The Kier molecular flexibility index (Phi) is 3.63. The minimum Gasteiger partial charge on any atom is -0.336 e. The molecule has 0 N–H and O–H groups in total. The summed E-state index contributed by atoms with van der Waals surface area (Å²) in [5.41, 5.74) is 3.04. The first-order valence-corrected chi connectivity index (χ1v) is 6.99. The molecular formula is C17H16FN3O. The van der Waals surface area contributed by atoms with Crippen LogP contribution in [0.15, 0.2) is 48.7 Å². The lowest BCUT2D eigenvalue weighted by Crippen LogP contribution is -2.26. The number of imidazole rings is 1. The number of carbonyl (C=O) groups excluding carboxylic acids is 1. The maximum atomic E-state index is 12.9. The number of carbonyl (C=O) groups is 1. The van der Waals surface area contributed by atoms with Crippen molar-refractivity contribution in [2.45, 2.75) is 13.5 Å². The van der Waals surface area contributed by atoms with Gasteiger partial charge < -0.3 is 9.30 Å². The van der Waals surface area contributed by atoms with Crippen molar-refractivity contribution in [1.29, 1.82) is 0 Å². The smallest absolute Gasteiger partial charge is 0.274 e. The maximum absolute atomic E-state index is 12.9. The number of aryl methyl sites for hydroxylation is 1. The van der Waals surface area contributed by atoms with Crippen LogP contribution in [0.5, 0.6) is 0 Å². The summed E-state index contributed by atoms with van der Waals surface area (Å²) in [7, 11) is 1.71. The van der Waals surface area contributed by atoms with E-state index in [9.17, 15) is 9.18 Å². The molecule has 0 spiro atoms. The summed E-state index contributed by atoms with van der Waals surface area (Å²) < 4.78 is 14.8. The number of hydrogen-bond donors (Lipinski definition) is 0. The van der Waals surface area contributed by atoms with Gasteiger partial charge >= 0.3 is 0 Å². The second-order valence-electron chi connectivity index (χ2n) is 5.31. The summed E-state index contributed by atoms with van der Waals surface area (Å²) in [6.45, 7) is 2.37. The third-order valence-corrected chi connectivity index (χ3v) is 3.59. The Labute approximate surface area is 127 Å². The molecular weight excluding hydrogens is 281 g/mol. The molecule has 4 nitrogen and oxygen atoms in total. The van der Waals surface area contributed by atoms with Crippen LogP contribution in [-0.4, -0.2) is 27.2 Å². The predicted molar refractivity (Wildman–Crippen MR) is 82.1 cm³/mol. The van der Waals surface area contributed by atoms with Crippen LogP contribution in [0.1, 0.15) is 21.7 Å². The van der Waals surface area contributed by atoms with E-state index in [-0.39, 0.29) is 11.7 Å². The van der Waals surface area contributed by atoms with Gasteiger partial charge in [-0.2, -0.15) is 0 Å². The Morgan fingerprint density at radius 3 is 2.64 bits per heavy atom. The van der Waals surface area contributed by atoms with E-state index in [1.54, 1.807) is 30.3 Å². The molecule has 2 aromatic heterocycles. The normalized spacial score (nSPS) is 10.9. The topological polar surface area (TPSA) is 37.6 Å². The van der Waals surface area contributed by atoms with E-state index >= 15 is 0 Å². The van der Waals surface area contributed by atoms with Gasteiger partial charge in [-0.15, -0.1) is 0 Å². The summed E-state index contributed by atoms with van der Waals surface area (Å²) in [6, 6.07) is 11.9. The minimum atomic E-state index is -0.284. The molecule has 3 aromatic rings. The molecule has 3 rings (SSSR count). The van der Waals surface area contributed by atoms with Crippen LogP contribution in [0, 0.1) is 12.7 Å². The van der Waals surface area contributed by atoms with E-state index in [0.29, 0.717) is 12.2 Å². The van der Waals surface area contributed by atoms with Gasteiger partial charge in [0, 0.05) is 25.5 Å². The van der Waals surface area contributed by atoms with Crippen molar-refractivity contribution >= 4 is 11.6 Å². The molecule has 0 saturated carbocycles. The number of fused-ring (bicyclic) bond motifs is 1. The molecule has 1 aromatic carbocycles.